The molecule has 202 valence electrons. The average molecular weight is 593 g/mol. The SMILES string of the molecule is O=C(COC(=O)c1ccc2c(c1)[nH]c(=O)n2CC1CC1)Nc1nc(-c2ccccc2Cl)c(-c2ccccc2Cl)s1. The lowest BCUT2D eigenvalue weighted by molar-refractivity contribution is -0.119. The van der Waals surface area contributed by atoms with E-state index in [2.05, 4.69) is 15.3 Å². The number of ether oxygens (including phenoxy) is 1. The smallest absolute Gasteiger partial charge is 0.338 e. The van der Waals surface area contributed by atoms with Gasteiger partial charge >= 0.3 is 11.7 Å². The van der Waals surface area contributed by atoms with Gasteiger partial charge in [0.2, 0.25) is 0 Å². The molecular weight excluding hydrogens is 571 g/mol. The van der Waals surface area contributed by atoms with Gasteiger partial charge in [-0.05, 0) is 49.1 Å². The Morgan fingerprint density at radius 3 is 2.42 bits per heavy atom. The van der Waals surface area contributed by atoms with Crippen LogP contribution < -0.4 is 11.0 Å². The molecule has 2 N–H and O–H groups in total. The van der Waals surface area contributed by atoms with Crippen LogP contribution in [0.25, 0.3) is 32.7 Å². The summed E-state index contributed by atoms with van der Waals surface area (Å²) in [5, 5.41) is 4.06. The topological polar surface area (TPSA) is 106 Å². The zero-order valence-corrected chi connectivity index (χ0v) is 23.3. The molecule has 2 aromatic heterocycles. The van der Waals surface area contributed by atoms with Crippen molar-refractivity contribution in [1.29, 1.82) is 0 Å². The van der Waals surface area contributed by atoms with Crippen molar-refractivity contribution in [2.45, 2.75) is 19.4 Å². The van der Waals surface area contributed by atoms with Gasteiger partial charge in [0, 0.05) is 22.7 Å². The first-order valence-electron chi connectivity index (χ1n) is 12.6. The van der Waals surface area contributed by atoms with Crippen molar-refractivity contribution in [3.8, 4) is 21.7 Å². The normalized spacial score (nSPS) is 12.9. The summed E-state index contributed by atoms with van der Waals surface area (Å²) >= 11 is 14.2. The molecule has 1 aliphatic rings. The number of H-pyrrole nitrogens is 1. The van der Waals surface area contributed by atoms with Crippen LogP contribution in [0.5, 0.6) is 0 Å². The molecule has 6 rings (SSSR count). The van der Waals surface area contributed by atoms with Crippen LogP contribution in [-0.2, 0) is 16.1 Å². The Hall–Kier alpha value is -3.92. The summed E-state index contributed by atoms with van der Waals surface area (Å²) in [6.07, 6.45) is 2.24. The maximum Gasteiger partial charge on any atom is 0.338 e. The predicted molar refractivity (Wildman–Crippen MR) is 157 cm³/mol. The fourth-order valence-electron chi connectivity index (χ4n) is 4.44. The third kappa shape index (κ3) is 5.40. The lowest BCUT2D eigenvalue weighted by Crippen LogP contribution is -2.20. The van der Waals surface area contributed by atoms with Gasteiger partial charge in [-0.2, -0.15) is 0 Å². The van der Waals surface area contributed by atoms with E-state index in [1.807, 2.05) is 36.4 Å². The van der Waals surface area contributed by atoms with Crippen LogP contribution in [0.1, 0.15) is 23.2 Å². The van der Waals surface area contributed by atoms with Crippen molar-refractivity contribution in [1.82, 2.24) is 14.5 Å². The molecule has 1 amide bonds. The molecule has 2 heterocycles. The highest BCUT2D eigenvalue weighted by molar-refractivity contribution is 7.19. The van der Waals surface area contributed by atoms with Gasteiger partial charge in [0.15, 0.2) is 11.7 Å². The van der Waals surface area contributed by atoms with E-state index in [-0.39, 0.29) is 11.3 Å². The van der Waals surface area contributed by atoms with Gasteiger partial charge in [0.1, 0.15) is 0 Å². The standard InChI is InChI=1S/C29H22Cl2N4O4S/c30-20-7-3-1-5-18(20)25-26(19-6-2-4-8-21(19)31)40-28(34-25)33-24(36)15-39-27(37)17-11-12-23-22(13-17)32-29(38)35(23)14-16-9-10-16/h1-8,11-13,16H,9-10,14-15H2,(H,32,38)(H,33,34,36). The Bertz CT molecular complexity index is 1760. The zero-order chi connectivity index (χ0) is 27.8. The number of thiazole rings is 1. The van der Waals surface area contributed by atoms with Crippen LogP contribution >= 0.6 is 34.5 Å². The van der Waals surface area contributed by atoms with Gasteiger partial charge in [0.25, 0.3) is 5.91 Å². The van der Waals surface area contributed by atoms with Gasteiger partial charge in [-0.15, -0.1) is 0 Å². The average Bonchev–Trinajstić information content (AvgIpc) is 3.60. The summed E-state index contributed by atoms with van der Waals surface area (Å²) in [5.74, 6) is -0.705. The van der Waals surface area contributed by atoms with Gasteiger partial charge in [0.05, 0.1) is 32.2 Å². The molecule has 0 atom stereocenters. The molecule has 1 fully saturated rings. The Balaban J connectivity index is 1.17. The number of fused-ring (bicyclic) bond motifs is 1. The maximum absolute atomic E-state index is 12.7. The summed E-state index contributed by atoms with van der Waals surface area (Å²) in [4.78, 5) is 45.9. The second kappa shape index (κ2) is 10.9. The van der Waals surface area contributed by atoms with E-state index in [1.165, 1.54) is 11.3 Å². The number of aromatic amines is 1. The molecule has 0 unspecified atom stereocenters. The molecule has 1 aliphatic carbocycles. The number of halogens is 2. The highest BCUT2D eigenvalue weighted by Gasteiger charge is 2.24. The van der Waals surface area contributed by atoms with Crippen LogP contribution in [0, 0.1) is 5.92 Å². The zero-order valence-electron chi connectivity index (χ0n) is 20.9. The van der Waals surface area contributed by atoms with E-state index >= 15 is 0 Å². The molecule has 0 radical (unpaired) electrons. The summed E-state index contributed by atoms with van der Waals surface area (Å²) in [7, 11) is 0. The minimum absolute atomic E-state index is 0.206. The van der Waals surface area contributed by atoms with Crippen molar-refractivity contribution in [2.24, 2.45) is 5.92 Å². The first-order valence-corrected chi connectivity index (χ1v) is 14.1. The third-order valence-electron chi connectivity index (χ3n) is 6.60. The molecule has 8 nitrogen and oxygen atoms in total. The number of carbonyl (C=O) groups is 2. The van der Waals surface area contributed by atoms with E-state index in [0.29, 0.717) is 44.4 Å². The van der Waals surface area contributed by atoms with Gasteiger partial charge in [-0.25, -0.2) is 14.6 Å². The molecule has 1 saturated carbocycles. The van der Waals surface area contributed by atoms with Gasteiger partial charge in [-0.3, -0.25) is 14.7 Å². The molecule has 5 aromatic rings. The van der Waals surface area contributed by atoms with E-state index < -0.39 is 18.5 Å². The molecule has 0 bridgehead atoms. The lowest BCUT2D eigenvalue weighted by Gasteiger charge is -2.06. The first kappa shape index (κ1) is 26.3. The van der Waals surface area contributed by atoms with E-state index in [4.69, 9.17) is 27.9 Å². The highest BCUT2D eigenvalue weighted by atomic mass is 35.5. The molecule has 3 aromatic carbocycles. The van der Waals surface area contributed by atoms with Gasteiger partial charge in [-0.1, -0.05) is 70.9 Å². The van der Waals surface area contributed by atoms with Crippen LogP contribution in [0.2, 0.25) is 10.0 Å². The second-order valence-electron chi connectivity index (χ2n) is 9.50. The second-order valence-corrected chi connectivity index (χ2v) is 11.3. The monoisotopic (exact) mass is 592 g/mol. The Morgan fingerprint density at radius 1 is 1.02 bits per heavy atom. The summed E-state index contributed by atoms with van der Waals surface area (Å²) in [5.41, 5.74) is 3.33. The number of anilines is 1. The Kier molecular flexibility index (Phi) is 7.18. The number of benzene rings is 3. The fourth-order valence-corrected chi connectivity index (χ4v) is 5.98. The molecule has 0 spiro atoms. The minimum atomic E-state index is -0.680. The Morgan fingerprint density at radius 2 is 1.73 bits per heavy atom. The van der Waals surface area contributed by atoms with Crippen LogP contribution in [-0.4, -0.2) is 33.0 Å². The van der Waals surface area contributed by atoms with Gasteiger partial charge < -0.3 is 9.72 Å². The largest absolute Gasteiger partial charge is 0.452 e. The van der Waals surface area contributed by atoms with Crippen molar-refractivity contribution >= 4 is 62.6 Å². The van der Waals surface area contributed by atoms with Crippen molar-refractivity contribution in [2.75, 3.05) is 11.9 Å². The summed E-state index contributed by atoms with van der Waals surface area (Å²) in [6.45, 7) is 0.147. The number of rotatable bonds is 8. The lowest BCUT2D eigenvalue weighted by atomic mass is 10.1. The first-order chi connectivity index (χ1) is 19.4. The van der Waals surface area contributed by atoms with Crippen molar-refractivity contribution in [3.63, 3.8) is 0 Å². The minimum Gasteiger partial charge on any atom is -0.452 e. The number of carbonyl (C=O) groups excluding carboxylic acids is 2. The van der Waals surface area contributed by atoms with Crippen LogP contribution in [0.15, 0.2) is 71.5 Å². The Labute approximate surface area is 242 Å². The van der Waals surface area contributed by atoms with E-state index in [9.17, 15) is 14.4 Å². The number of nitrogens with zero attached hydrogens (tertiary/aromatic N) is 2. The molecule has 40 heavy (non-hydrogen) atoms. The third-order valence-corrected chi connectivity index (χ3v) is 8.27. The molecule has 0 aliphatic heterocycles. The highest BCUT2D eigenvalue weighted by Crippen LogP contribution is 2.43. The maximum atomic E-state index is 12.7. The number of nitrogens with one attached hydrogen (secondary N) is 2. The predicted octanol–water partition coefficient (Wildman–Crippen LogP) is 6.63. The summed E-state index contributed by atoms with van der Waals surface area (Å²) in [6, 6.07) is 19.5. The number of hydrogen-bond donors (Lipinski definition) is 2. The molecule has 11 heteroatoms. The fraction of sp³-hybridized carbons (Fsp3) is 0.172. The van der Waals surface area contributed by atoms with E-state index in [0.717, 1.165) is 28.8 Å². The van der Waals surface area contributed by atoms with Crippen molar-refractivity contribution in [3.05, 3.63) is 92.8 Å². The number of amides is 1. The number of imidazole rings is 1. The summed E-state index contributed by atoms with van der Waals surface area (Å²) < 4.78 is 6.94. The molecular formula is C29H22Cl2N4O4S. The van der Waals surface area contributed by atoms with Crippen LogP contribution in [0.3, 0.4) is 0 Å². The van der Waals surface area contributed by atoms with Crippen molar-refractivity contribution < 1.29 is 14.3 Å². The number of hydrogen-bond acceptors (Lipinski definition) is 6. The number of esters is 1. The van der Waals surface area contributed by atoms with E-state index in [1.54, 1.807) is 34.9 Å². The molecule has 0 saturated heterocycles. The number of aromatic nitrogens is 3. The quantitative estimate of drug-likeness (QED) is 0.197. The van der Waals surface area contributed by atoms with Crippen LogP contribution in [0.4, 0.5) is 5.13 Å².